The lowest BCUT2D eigenvalue weighted by atomic mass is 10.0. The maximum atomic E-state index is 13.0. The molecule has 0 atom stereocenters. The number of hydrogen-bond donors (Lipinski definition) is 1. The highest BCUT2D eigenvalue weighted by Gasteiger charge is 2.21. The van der Waals surface area contributed by atoms with E-state index in [0.717, 1.165) is 26.1 Å². The molecule has 0 aliphatic carbocycles. The summed E-state index contributed by atoms with van der Waals surface area (Å²) in [5.41, 5.74) is 8.41. The fourth-order valence-corrected chi connectivity index (χ4v) is 3.94. The van der Waals surface area contributed by atoms with Crippen molar-refractivity contribution in [2.45, 2.75) is 32.2 Å². The molecule has 4 heteroatoms. The summed E-state index contributed by atoms with van der Waals surface area (Å²) in [6.45, 7) is 5.49. The van der Waals surface area contributed by atoms with Crippen LogP contribution in [-0.2, 0) is 6.42 Å². The van der Waals surface area contributed by atoms with Crippen molar-refractivity contribution in [3.63, 3.8) is 0 Å². The van der Waals surface area contributed by atoms with Gasteiger partial charge in [0.05, 0.1) is 0 Å². The summed E-state index contributed by atoms with van der Waals surface area (Å²) in [7, 11) is 1.50. The zero-order chi connectivity index (χ0) is 19.2. The average molecular weight is 368 g/mol. The van der Waals surface area contributed by atoms with Gasteiger partial charge in [0.1, 0.15) is 5.82 Å². The molecule has 1 fully saturated rings. The van der Waals surface area contributed by atoms with E-state index in [1.165, 1.54) is 41.9 Å². The maximum absolute atomic E-state index is 13.0. The van der Waals surface area contributed by atoms with Crippen LogP contribution >= 0.6 is 0 Å². The van der Waals surface area contributed by atoms with Crippen molar-refractivity contribution in [1.29, 1.82) is 0 Å². The highest BCUT2D eigenvalue weighted by atomic mass is 19.1. The van der Waals surface area contributed by atoms with Crippen LogP contribution in [0, 0.1) is 12.7 Å². The van der Waals surface area contributed by atoms with Crippen LogP contribution < -0.4 is 5.73 Å². The van der Waals surface area contributed by atoms with Crippen LogP contribution in [0.3, 0.4) is 0 Å². The molecule has 2 aromatic carbocycles. The van der Waals surface area contributed by atoms with Crippen LogP contribution in [-0.4, -0.2) is 36.1 Å². The number of aryl methyl sites for hydroxylation is 1. The molecule has 0 amide bonds. The first-order valence-corrected chi connectivity index (χ1v) is 9.81. The van der Waals surface area contributed by atoms with Gasteiger partial charge in [0.2, 0.25) is 0 Å². The van der Waals surface area contributed by atoms with E-state index in [1.54, 1.807) is 12.1 Å². The standard InChI is InChI=1S/C22H25FN2.CH5N/c1-17-2-5-19-9-15-25(22(19)16-17)21-10-13-24(14-11-21)12-8-18-3-6-20(23)7-4-18;1-2/h2-7,9,15-16,21H,8,10-14H2,1H3;2H2,1H3. The van der Waals surface area contributed by atoms with Crippen LogP contribution in [0.1, 0.15) is 30.0 Å². The van der Waals surface area contributed by atoms with Gasteiger partial charge >= 0.3 is 0 Å². The molecule has 1 saturated heterocycles. The Kier molecular flexibility index (Phi) is 6.64. The largest absolute Gasteiger partial charge is 0.344 e. The fraction of sp³-hybridized carbons (Fsp3) is 0.391. The minimum Gasteiger partial charge on any atom is -0.344 e. The molecule has 0 bridgehead atoms. The second-order valence-corrected chi connectivity index (χ2v) is 7.23. The van der Waals surface area contributed by atoms with Gasteiger partial charge in [-0.05, 0) is 74.0 Å². The summed E-state index contributed by atoms with van der Waals surface area (Å²) in [5.74, 6) is -0.154. The Morgan fingerprint density at radius 3 is 2.41 bits per heavy atom. The molecule has 2 heterocycles. The van der Waals surface area contributed by atoms with Crippen molar-refractivity contribution in [2.24, 2.45) is 5.73 Å². The van der Waals surface area contributed by atoms with Gasteiger partial charge in [0.15, 0.2) is 0 Å². The van der Waals surface area contributed by atoms with E-state index < -0.39 is 0 Å². The number of rotatable bonds is 4. The molecular weight excluding hydrogens is 337 g/mol. The van der Waals surface area contributed by atoms with E-state index in [1.807, 2.05) is 12.1 Å². The summed E-state index contributed by atoms with van der Waals surface area (Å²) in [4.78, 5) is 2.54. The molecule has 27 heavy (non-hydrogen) atoms. The van der Waals surface area contributed by atoms with Crippen molar-refractivity contribution < 1.29 is 4.39 Å². The number of hydrogen-bond acceptors (Lipinski definition) is 2. The fourth-order valence-electron chi connectivity index (χ4n) is 3.94. The first-order chi connectivity index (χ1) is 13.2. The highest BCUT2D eigenvalue weighted by Crippen LogP contribution is 2.28. The molecule has 0 unspecified atom stereocenters. The third kappa shape index (κ3) is 4.76. The summed E-state index contributed by atoms with van der Waals surface area (Å²) in [6, 6.07) is 16.4. The van der Waals surface area contributed by atoms with Crippen LogP contribution in [0.25, 0.3) is 10.9 Å². The van der Waals surface area contributed by atoms with Gasteiger partial charge < -0.3 is 15.2 Å². The topological polar surface area (TPSA) is 34.2 Å². The third-order valence-corrected chi connectivity index (χ3v) is 5.46. The van der Waals surface area contributed by atoms with E-state index in [2.05, 4.69) is 52.6 Å². The number of halogens is 1. The van der Waals surface area contributed by atoms with Gasteiger partial charge in [-0.1, -0.05) is 24.3 Å². The van der Waals surface area contributed by atoms with E-state index in [0.29, 0.717) is 6.04 Å². The Labute approximate surface area is 161 Å². The number of piperidine rings is 1. The molecule has 0 radical (unpaired) electrons. The second-order valence-electron chi connectivity index (χ2n) is 7.23. The van der Waals surface area contributed by atoms with E-state index in [-0.39, 0.29) is 5.82 Å². The molecule has 1 aromatic heterocycles. The molecule has 4 rings (SSSR count). The molecule has 1 aliphatic rings. The van der Waals surface area contributed by atoms with Crippen LogP contribution in [0.2, 0.25) is 0 Å². The minimum absolute atomic E-state index is 0.154. The van der Waals surface area contributed by atoms with Gasteiger partial charge in [0, 0.05) is 37.4 Å². The number of nitrogens with two attached hydrogens (primary N) is 1. The normalized spacial score (nSPS) is 15.6. The first-order valence-electron chi connectivity index (χ1n) is 9.81. The lowest BCUT2D eigenvalue weighted by Crippen LogP contribution is -2.35. The Hall–Kier alpha value is -2.17. The first kappa shape index (κ1) is 19.6. The van der Waals surface area contributed by atoms with Gasteiger partial charge in [-0.3, -0.25) is 0 Å². The molecule has 3 aromatic rings. The number of fused-ring (bicyclic) bond motifs is 1. The Balaban J connectivity index is 0.00000102. The lowest BCUT2D eigenvalue weighted by molar-refractivity contribution is 0.190. The SMILES string of the molecule is CN.Cc1ccc2ccn(C3CCN(CCc4ccc(F)cc4)CC3)c2c1. The Morgan fingerprint density at radius 1 is 1.00 bits per heavy atom. The molecule has 3 nitrogen and oxygen atoms in total. The molecule has 1 aliphatic heterocycles. The molecular formula is C23H30FN3. The minimum atomic E-state index is -0.154. The lowest BCUT2D eigenvalue weighted by Gasteiger charge is -2.33. The Bertz CT molecular complexity index is 846. The smallest absolute Gasteiger partial charge is 0.123 e. The van der Waals surface area contributed by atoms with E-state index in [4.69, 9.17) is 0 Å². The summed E-state index contributed by atoms with van der Waals surface area (Å²) in [5, 5.41) is 1.34. The molecule has 0 spiro atoms. The van der Waals surface area contributed by atoms with Crippen molar-refractivity contribution in [2.75, 3.05) is 26.7 Å². The van der Waals surface area contributed by atoms with Gasteiger partial charge in [-0.15, -0.1) is 0 Å². The molecule has 0 saturated carbocycles. The monoisotopic (exact) mass is 367 g/mol. The highest BCUT2D eigenvalue weighted by molar-refractivity contribution is 5.80. The van der Waals surface area contributed by atoms with Crippen molar-refractivity contribution in [1.82, 2.24) is 9.47 Å². The molecule has 144 valence electrons. The zero-order valence-corrected chi connectivity index (χ0v) is 16.4. The van der Waals surface area contributed by atoms with E-state index >= 15 is 0 Å². The van der Waals surface area contributed by atoms with Crippen LogP contribution in [0.4, 0.5) is 4.39 Å². The second kappa shape index (κ2) is 9.16. The number of benzene rings is 2. The summed E-state index contributed by atoms with van der Waals surface area (Å²) >= 11 is 0. The Morgan fingerprint density at radius 2 is 1.70 bits per heavy atom. The number of likely N-dealkylation sites (tertiary alicyclic amines) is 1. The summed E-state index contributed by atoms with van der Waals surface area (Å²) in [6.07, 6.45) is 5.64. The van der Waals surface area contributed by atoms with Crippen LogP contribution in [0.5, 0.6) is 0 Å². The van der Waals surface area contributed by atoms with Gasteiger partial charge in [-0.25, -0.2) is 4.39 Å². The van der Waals surface area contributed by atoms with Crippen molar-refractivity contribution in [3.05, 3.63) is 71.7 Å². The number of aromatic nitrogens is 1. The van der Waals surface area contributed by atoms with Gasteiger partial charge in [-0.2, -0.15) is 0 Å². The van der Waals surface area contributed by atoms with Crippen LogP contribution in [0.15, 0.2) is 54.7 Å². The predicted molar refractivity (Wildman–Crippen MR) is 112 cm³/mol. The third-order valence-electron chi connectivity index (χ3n) is 5.46. The zero-order valence-electron chi connectivity index (χ0n) is 16.4. The van der Waals surface area contributed by atoms with Crippen molar-refractivity contribution >= 4 is 10.9 Å². The summed E-state index contributed by atoms with van der Waals surface area (Å²) < 4.78 is 15.5. The maximum Gasteiger partial charge on any atom is 0.123 e. The average Bonchev–Trinajstić information content (AvgIpc) is 3.12. The van der Waals surface area contributed by atoms with Gasteiger partial charge in [0.25, 0.3) is 0 Å². The van der Waals surface area contributed by atoms with E-state index in [9.17, 15) is 4.39 Å². The molecule has 2 N–H and O–H groups in total. The van der Waals surface area contributed by atoms with Crippen molar-refractivity contribution in [3.8, 4) is 0 Å². The predicted octanol–water partition coefficient (Wildman–Crippen LogP) is 4.54. The quantitative estimate of drug-likeness (QED) is 0.734. The number of nitrogens with zero attached hydrogens (tertiary/aromatic N) is 2.